The number of hydrogen-bond donors (Lipinski definition) is 1. The molecular weight excluding hydrogens is 205 g/mol. The molecule has 1 N–H and O–H groups in total. The first-order valence-corrected chi connectivity index (χ1v) is 4.62. The van der Waals surface area contributed by atoms with Crippen molar-refractivity contribution in [3.63, 3.8) is 0 Å². The van der Waals surface area contributed by atoms with Crippen LogP contribution in [0.5, 0.6) is 0 Å². The van der Waals surface area contributed by atoms with E-state index in [-0.39, 0.29) is 59.2 Å². The molecule has 0 bridgehead atoms. The van der Waals surface area contributed by atoms with Crippen LogP contribution in [0.4, 0.5) is 0 Å². The molecule has 1 saturated carbocycles. The smallest absolute Gasteiger partial charge is 1.00 e. The molecule has 0 aliphatic heterocycles. The maximum atomic E-state index is 10.6. The van der Waals surface area contributed by atoms with E-state index in [4.69, 9.17) is 10.4 Å². The predicted octanol–water partition coefficient (Wildman–Crippen LogP) is -0.846. The third kappa shape index (κ3) is 3.32. The molecule has 3 nitrogen and oxygen atoms in total. The van der Waals surface area contributed by atoms with Crippen molar-refractivity contribution in [2.75, 3.05) is 0 Å². The molecule has 2 atom stereocenters. The summed E-state index contributed by atoms with van der Waals surface area (Å²) >= 11 is 0. The molecule has 4 heteroatoms. The van der Waals surface area contributed by atoms with Gasteiger partial charge in [-0.15, -0.1) is 0 Å². The molecule has 0 aromatic carbocycles. The van der Waals surface area contributed by atoms with E-state index in [1.54, 1.807) is 0 Å². The summed E-state index contributed by atoms with van der Waals surface area (Å²) in [5.41, 5.74) is -0.593. The van der Waals surface area contributed by atoms with E-state index in [0.29, 0.717) is 11.8 Å². The number of carboxylic acid groups (broad SMARTS) is 1. The molecule has 0 amide bonds. The van der Waals surface area contributed by atoms with Gasteiger partial charge >= 0.3 is 57.4 Å². The summed E-state index contributed by atoms with van der Waals surface area (Å²) in [7, 11) is 0. The van der Waals surface area contributed by atoms with Crippen LogP contribution in [-0.2, 0) is 4.79 Å². The number of nitriles is 1. The Labute approximate surface area is 129 Å². The number of nitrogens with zero attached hydrogens (tertiary/aromatic N) is 1. The Morgan fingerprint density at radius 2 is 2.00 bits per heavy atom. The number of carbonyl (C=O) groups is 1. The second-order valence-corrected chi connectivity index (χ2v) is 4.33. The Kier molecular flexibility index (Phi) is 5.86. The fourth-order valence-electron chi connectivity index (χ4n) is 2.28. The van der Waals surface area contributed by atoms with E-state index in [2.05, 4.69) is 19.9 Å². The zero-order valence-electron chi connectivity index (χ0n) is 10.1. The molecule has 1 fully saturated rings. The molecule has 0 saturated heterocycles. The average Bonchev–Trinajstić information content (AvgIpc) is 2.27. The van der Waals surface area contributed by atoms with Crippen molar-refractivity contribution in [1.82, 2.24) is 0 Å². The van der Waals surface area contributed by atoms with Crippen molar-refractivity contribution in [2.24, 2.45) is 17.3 Å². The quantitative estimate of drug-likeness (QED) is 0.618. The van der Waals surface area contributed by atoms with Gasteiger partial charge in [0.2, 0.25) is 0 Å². The first kappa shape index (κ1) is 14.6. The maximum absolute atomic E-state index is 10.6. The fourth-order valence-corrected chi connectivity index (χ4v) is 2.28. The molecule has 14 heavy (non-hydrogen) atoms. The Balaban J connectivity index is 0. The Bertz CT molecular complexity index is 255. The Hall–Kier alpha value is 0.596. The normalized spacial score (nSPS) is 28.9. The minimum absolute atomic E-state index is 0. The minimum Gasteiger partial charge on any atom is -1.00 e. The second kappa shape index (κ2) is 5.62. The summed E-state index contributed by atoms with van der Waals surface area (Å²) in [5, 5.41) is 17.7. The van der Waals surface area contributed by atoms with E-state index < -0.39 is 11.4 Å². The first-order valence-electron chi connectivity index (χ1n) is 4.62. The predicted molar refractivity (Wildman–Crippen MR) is 49.0 cm³/mol. The monoisotopic (exact) mass is 221 g/mol. The molecular formula is C10H16KNO2. The van der Waals surface area contributed by atoms with Crippen LogP contribution in [0.25, 0.3) is 0 Å². The van der Waals surface area contributed by atoms with Crippen LogP contribution < -0.4 is 51.4 Å². The van der Waals surface area contributed by atoms with Crippen LogP contribution in [-0.4, -0.2) is 11.1 Å². The van der Waals surface area contributed by atoms with Gasteiger partial charge in [-0.05, 0) is 24.7 Å². The Morgan fingerprint density at radius 3 is 2.29 bits per heavy atom. The Morgan fingerprint density at radius 1 is 1.57 bits per heavy atom. The molecule has 1 rings (SSSR count). The largest absolute Gasteiger partial charge is 1.00 e. The standard InChI is InChI=1S/C10H15NO2.K.H/c1-7-3-10(6-11,4-8(7)2)5-9(12)13;;/h7-8H,3-5H2,1-2H3,(H,12,13);;/q;+1;-1/t7-,8-;;/m0../s1. The summed E-state index contributed by atoms with van der Waals surface area (Å²) in [6.07, 6.45) is 1.46. The third-order valence-corrected chi connectivity index (χ3v) is 3.12. The molecule has 0 aromatic rings. The number of hydrogen-bond acceptors (Lipinski definition) is 2. The number of rotatable bonds is 2. The van der Waals surface area contributed by atoms with E-state index in [1.165, 1.54) is 0 Å². The van der Waals surface area contributed by atoms with Gasteiger partial charge in [0, 0.05) is 0 Å². The second-order valence-electron chi connectivity index (χ2n) is 4.33. The van der Waals surface area contributed by atoms with Gasteiger partial charge < -0.3 is 6.53 Å². The average molecular weight is 221 g/mol. The summed E-state index contributed by atoms with van der Waals surface area (Å²) < 4.78 is 0. The fraction of sp³-hybridized carbons (Fsp3) is 0.800. The van der Waals surface area contributed by atoms with Gasteiger partial charge in [0.15, 0.2) is 0 Å². The summed E-state index contributed by atoms with van der Waals surface area (Å²) in [6.45, 7) is 4.18. The van der Waals surface area contributed by atoms with Crippen molar-refractivity contribution >= 4 is 5.97 Å². The summed E-state index contributed by atoms with van der Waals surface area (Å²) in [5.74, 6) is 0.0841. The third-order valence-electron chi connectivity index (χ3n) is 3.12. The van der Waals surface area contributed by atoms with Crippen molar-refractivity contribution in [3.05, 3.63) is 0 Å². The SMILES string of the molecule is C[C@H]1CC(C#N)(CC(=O)O)C[C@@H]1C.[H-].[K+]. The number of aliphatic carboxylic acids is 1. The van der Waals surface area contributed by atoms with E-state index in [9.17, 15) is 4.79 Å². The van der Waals surface area contributed by atoms with Crippen LogP contribution in [0.2, 0.25) is 0 Å². The van der Waals surface area contributed by atoms with Crippen LogP contribution in [0, 0.1) is 28.6 Å². The van der Waals surface area contributed by atoms with Crippen LogP contribution in [0.1, 0.15) is 34.5 Å². The van der Waals surface area contributed by atoms with Crippen LogP contribution >= 0.6 is 0 Å². The van der Waals surface area contributed by atoms with Crippen molar-refractivity contribution < 1.29 is 62.7 Å². The maximum Gasteiger partial charge on any atom is 1.00 e. The van der Waals surface area contributed by atoms with E-state index in [1.807, 2.05) is 0 Å². The number of carboxylic acids is 1. The van der Waals surface area contributed by atoms with Crippen LogP contribution in [0.15, 0.2) is 0 Å². The van der Waals surface area contributed by atoms with Crippen LogP contribution in [0.3, 0.4) is 0 Å². The molecule has 0 spiro atoms. The van der Waals surface area contributed by atoms with Gasteiger partial charge in [-0.25, -0.2) is 0 Å². The molecule has 1 aliphatic rings. The molecule has 0 heterocycles. The van der Waals surface area contributed by atoms with Crippen molar-refractivity contribution in [2.45, 2.75) is 33.1 Å². The summed E-state index contributed by atoms with van der Waals surface area (Å²) in [4.78, 5) is 10.6. The zero-order chi connectivity index (χ0) is 10.1. The van der Waals surface area contributed by atoms with E-state index in [0.717, 1.165) is 12.8 Å². The first-order chi connectivity index (χ1) is 5.99. The molecule has 1 aliphatic carbocycles. The van der Waals surface area contributed by atoms with E-state index >= 15 is 0 Å². The van der Waals surface area contributed by atoms with Crippen molar-refractivity contribution in [1.29, 1.82) is 5.26 Å². The van der Waals surface area contributed by atoms with Gasteiger partial charge in [0.1, 0.15) is 0 Å². The van der Waals surface area contributed by atoms with Gasteiger partial charge in [0.25, 0.3) is 0 Å². The summed E-state index contributed by atoms with van der Waals surface area (Å²) in [6, 6.07) is 2.19. The van der Waals surface area contributed by atoms with Gasteiger partial charge in [-0.3, -0.25) is 4.79 Å². The van der Waals surface area contributed by atoms with Gasteiger partial charge in [0.05, 0.1) is 17.9 Å². The molecule has 74 valence electrons. The minimum atomic E-state index is -0.858. The van der Waals surface area contributed by atoms with Gasteiger partial charge in [-0.2, -0.15) is 5.26 Å². The zero-order valence-corrected chi connectivity index (χ0v) is 12.2. The van der Waals surface area contributed by atoms with Crippen molar-refractivity contribution in [3.8, 4) is 6.07 Å². The molecule has 0 unspecified atom stereocenters. The molecule has 0 radical (unpaired) electrons. The topological polar surface area (TPSA) is 61.1 Å². The van der Waals surface area contributed by atoms with Gasteiger partial charge in [-0.1, -0.05) is 13.8 Å². The molecule has 0 aromatic heterocycles.